The van der Waals surface area contributed by atoms with E-state index in [1.807, 2.05) is 19.9 Å². The first-order valence-corrected chi connectivity index (χ1v) is 9.15. The van der Waals surface area contributed by atoms with E-state index in [4.69, 9.17) is 0 Å². The summed E-state index contributed by atoms with van der Waals surface area (Å²) < 4.78 is 24.7. The minimum Gasteiger partial charge on any atom is -0.301 e. The molecule has 8 heteroatoms. The Labute approximate surface area is 133 Å². The molecule has 0 atom stereocenters. The molecule has 1 N–H and O–H groups in total. The van der Waals surface area contributed by atoms with E-state index in [-0.39, 0.29) is 18.1 Å². The van der Waals surface area contributed by atoms with Crippen LogP contribution in [-0.4, -0.2) is 30.3 Å². The van der Waals surface area contributed by atoms with Gasteiger partial charge in [-0.1, -0.05) is 17.4 Å². The Morgan fingerprint density at radius 2 is 1.95 bits per heavy atom. The van der Waals surface area contributed by atoms with Gasteiger partial charge in [0.2, 0.25) is 11.0 Å². The van der Waals surface area contributed by atoms with E-state index in [1.165, 1.54) is 18.3 Å². The predicted molar refractivity (Wildman–Crippen MR) is 85.9 cm³/mol. The number of amides is 1. The third kappa shape index (κ3) is 4.11. The zero-order valence-electron chi connectivity index (χ0n) is 12.6. The van der Waals surface area contributed by atoms with Crippen LogP contribution in [0.5, 0.6) is 0 Å². The molecule has 22 heavy (non-hydrogen) atoms. The van der Waals surface area contributed by atoms with Gasteiger partial charge in [-0.05, 0) is 37.1 Å². The van der Waals surface area contributed by atoms with Gasteiger partial charge in [-0.2, -0.15) is 0 Å². The zero-order chi connectivity index (χ0) is 16.3. The maximum Gasteiger partial charge on any atom is 0.223 e. The molecular weight excluding hydrogens is 322 g/mol. The van der Waals surface area contributed by atoms with Crippen molar-refractivity contribution >= 4 is 32.2 Å². The molecule has 0 saturated heterocycles. The lowest BCUT2D eigenvalue weighted by Gasteiger charge is -2.06. The van der Waals surface area contributed by atoms with Gasteiger partial charge in [-0.25, -0.2) is 8.42 Å². The Bertz CT molecular complexity index is 797. The standard InChI is InChI=1S/C14H17N3O3S2/c1-9-4-5-12(8-10(9)2)22(19,20)7-6-13-16-17-14(21-13)15-11(3)18/h4-5,8H,6-7H2,1-3H3,(H,15,17,18). The molecular formula is C14H17N3O3S2. The molecule has 118 valence electrons. The summed E-state index contributed by atoms with van der Waals surface area (Å²) in [4.78, 5) is 11.2. The summed E-state index contributed by atoms with van der Waals surface area (Å²) in [6.45, 7) is 5.21. The van der Waals surface area contributed by atoms with Crippen LogP contribution in [0.3, 0.4) is 0 Å². The third-order valence-electron chi connectivity index (χ3n) is 3.17. The number of aryl methyl sites for hydroxylation is 3. The number of benzene rings is 1. The van der Waals surface area contributed by atoms with E-state index < -0.39 is 9.84 Å². The van der Waals surface area contributed by atoms with E-state index >= 15 is 0 Å². The first kappa shape index (κ1) is 16.6. The molecule has 2 aromatic rings. The van der Waals surface area contributed by atoms with Crippen LogP contribution in [-0.2, 0) is 21.1 Å². The number of nitrogens with one attached hydrogen (secondary N) is 1. The first-order valence-electron chi connectivity index (χ1n) is 6.68. The highest BCUT2D eigenvalue weighted by atomic mass is 32.2. The van der Waals surface area contributed by atoms with E-state index in [9.17, 15) is 13.2 Å². The van der Waals surface area contributed by atoms with E-state index in [1.54, 1.807) is 12.1 Å². The van der Waals surface area contributed by atoms with E-state index in [0.717, 1.165) is 11.1 Å². The maximum atomic E-state index is 12.3. The smallest absolute Gasteiger partial charge is 0.223 e. The quantitative estimate of drug-likeness (QED) is 0.901. The molecule has 0 spiro atoms. The SMILES string of the molecule is CC(=O)Nc1nnc(CCS(=O)(=O)c2ccc(C)c(C)c2)s1. The average Bonchev–Trinajstić information content (AvgIpc) is 2.86. The largest absolute Gasteiger partial charge is 0.301 e. The van der Waals surface area contributed by atoms with Gasteiger partial charge in [0.25, 0.3) is 0 Å². The van der Waals surface area contributed by atoms with Crippen molar-refractivity contribution in [2.45, 2.75) is 32.1 Å². The predicted octanol–water partition coefficient (Wildman–Crippen LogP) is 2.13. The van der Waals surface area contributed by atoms with Gasteiger partial charge in [-0.3, -0.25) is 4.79 Å². The van der Waals surface area contributed by atoms with Gasteiger partial charge in [0.15, 0.2) is 9.84 Å². The summed E-state index contributed by atoms with van der Waals surface area (Å²) in [5.74, 6) is -0.269. The summed E-state index contributed by atoms with van der Waals surface area (Å²) in [5.41, 5.74) is 2.01. The van der Waals surface area contributed by atoms with Gasteiger partial charge in [-0.15, -0.1) is 10.2 Å². The van der Waals surface area contributed by atoms with Crippen LogP contribution in [0.15, 0.2) is 23.1 Å². The molecule has 1 amide bonds. The number of aromatic nitrogens is 2. The average molecular weight is 339 g/mol. The summed E-state index contributed by atoms with van der Waals surface area (Å²) in [6, 6.07) is 5.12. The first-order chi connectivity index (χ1) is 10.3. The number of nitrogens with zero attached hydrogens (tertiary/aromatic N) is 2. The Morgan fingerprint density at radius 3 is 2.59 bits per heavy atom. The second-order valence-corrected chi connectivity index (χ2v) is 8.17. The summed E-state index contributed by atoms with van der Waals surface area (Å²) >= 11 is 1.18. The van der Waals surface area contributed by atoms with Gasteiger partial charge in [0, 0.05) is 13.3 Å². The molecule has 1 heterocycles. The van der Waals surface area contributed by atoms with Crippen LogP contribution in [0.25, 0.3) is 0 Å². The topological polar surface area (TPSA) is 89.0 Å². The molecule has 0 aliphatic rings. The maximum absolute atomic E-state index is 12.3. The van der Waals surface area contributed by atoms with Crippen molar-refractivity contribution in [1.82, 2.24) is 10.2 Å². The summed E-state index contributed by atoms with van der Waals surface area (Å²) in [6.07, 6.45) is 0.270. The highest BCUT2D eigenvalue weighted by Gasteiger charge is 2.17. The molecule has 1 aromatic carbocycles. The van der Waals surface area contributed by atoms with Crippen LogP contribution in [0, 0.1) is 13.8 Å². The molecule has 1 aromatic heterocycles. The van der Waals surface area contributed by atoms with E-state index in [0.29, 0.717) is 15.0 Å². The van der Waals surface area contributed by atoms with Crippen LogP contribution >= 0.6 is 11.3 Å². The molecule has 0 saturated carbocycles. The lowest BCUT2D eigenvalue weighted by molar-refractivity contribution is -0.114. The second kappa shape index (κ2) is 6.53. The number of carbonyl (C=O) groups is 1. The van der Waals surface area contributed by atoms with Crippen molar-refractivity contribution in [3.8, 4) is 0 Å². The number of hydrogen-bond acceptors (Lipinski definition) is 6. The van der Waals surface area contributed by atoms with Gasteiger partial charge < -0.3 is 5.32 Å². The highest BCUT2D eigenvalue weighted by molar-refractivity contribution is 7.91. The summed E-state index contributed by atoms with van der Waals surface area (Å²) in [7, 11) is -3.36. The Morgan fingerprint density at radius 1 is 1.23 bits per heavy atom. The lowest BCUT2D eigenvalue weighted by atomic mass is 10.1. The molecule has 2 rings (SSSR count). The Hall–Kier alpha value is -1.80. The number of hydrogen-bond donors (Lipinski definition) is 1. The molecule has 6 nitrogen and oxygen atoms in total. The molecule has 0 radical (unpaired) electrons. The van der Waals surface area contributed by atoms with Crippen LogP contribution in [0.1, 0.15) is 23.1 Å². The zero-order valence-corrected chi connectivity index (χ0v) is 14.2. The molecule has 0 unspecified atom stereocenters. The highest BCUT2D eigenvalue weighted by Crippen LogP contribution is 2.19. The normalized spacial score (nSPS) is 11.4. The minimum atomic E-state index is -3.36. The monoisotopic (exact) mass is 339 g/mol. The van der Waals surface area contributed by atoms with Crippen LogP contribution < -0.4 is 5.32 Å². The third-order valence-corrected chi connectivity index (χ3v) is 5.78. The lowest BCUT2D eigenvalue weighted by Crippen LogP contribution is -2.09. The fourth-order valence-electron chi connectivity index (χ4n) is 1.80. The number of carbonyl (C=O) groups excluding carboxylic acids is 1. The second-order valence-electron chi connectivity index (χ2n) is 5.00. The van der Waals surface area contributed by atoms with Crippen molar-refractivity contribution in [2.24, 2.45) is 0 Å². The van der Waals surface area contributed by atoms with Crippen molar-refractivity contribution in [1.29, 1.82) is 0 Å². The Kier molecular flexibility index (Phi) is 4.92. The van der Waals surface area contributed by atoms with Crippen molar-refractivity contribution in [2.75, 3.05) is 11.1 Å². The van der Waals surface area contributed by atoms with Crippen molar-refractivity contribution in [3.05, 3.63) is 34.3 Å². The van der Waals surface area contributed by atoms with E-state index in [2.05, 4.69) is 15.5 Å². The van der Waals surface area contributed by atoms with Gasteiger partial charge in [0.1, 0.15) is 5.01 Å². The molecule has 0 aliphatic heterocycles. The number of anilines is 1. The van der Waals surface area contributed by atoms with Crippen molar-refractivity contribution < 1.29 is 13.2 Å². The number of rotatable bonds is 5. The Balaban J connectivity index is 2.07. The number of sulfone groups is 1. The fourth-order valence-corrected chi connectivity index (χ4v) is 4.05. The van der Waals surface area contributed by atoms with Crippen LogP contribution in [0.2, 0.25) is 0 Å². The van der Waals surface area contributed by atoms with Crippen LogP contribution in [0.4, 0.5) is 5.13 Å². The molecule has 0 bridgehead atoms. The minimum absolute atomic E-state index is 0.0375. The molecule has 0 fully saturated rings. The van der Waals surface area contributed by atoms with Gasteiger partial charge >= 0.3 is 0 Å². The van der Waals surface area contributed by atoms with Gasteiger partial charge in [0.05, 0.1) is 10.6 Å². The fraction of sp³-hybridized carbons (Fsp3) is 0.357. The molecule has 0 aliphatic carbocycles. The van der Waals surface area contributed by atoms with Crippen molar-refractivity contribution in [3.63, 3.8) is 0 Å². The summed E-state index contributed by atoms with van der Waals surface area (Å²) in [5, 5.41) is 11.2.